The molecule has 26 heavy (non-hydrogen) atoms. The second-order valence-corrected chi connectivity index (χ2v) is 7.08. The molecule has 1 aromatic rings. The molecule has 1 atom stereocenters. The number of hydrogen-bond acceptors (Lipinski definition) is 2. The predicted molar refractivity (Wildman–Crippen MR) is 109 cm³/mol. The molecule has 0 spiro atoms. The summed E-state index contributed by atoms with van der Waals surface area (Å²) in [5.74, 6) is -0.358. The largest absolute Gasteiger partial charge is 0.481 e. The summed E-state index contributed by atoms with van der Waals surface area (Å²) in [4.78, 5) is 13.7. The Labute approximate surface area is 169 Å². The van der Waals surface area contributed by atoms with Gasteiger partial charge in [0.05, 0.1) is 5.92 Å². The van der Waals surface area contributed by atoms with Crippen LogP contribution in [0.2, 0.25) is 0 Å². The molecule has 1 aliphatic rings. The van der Waals surface area contributed by atoms with Gasteiger partial charge in [-0.2, -0.15) is 0 Å². The van der Waals surface area contributed by atoms with E-state index >= 15 is 0 Å². The number of carboxylic acids is 1. The molecule has 6 heteroatoms. The first kappa shape index (κ1) is 25.2. The molecule has 1 heterocycles. The molecule has 150 valence electrons. The molecule has 2 rings (SSSR count). The number of nitrogens with zero attached hydrogens (tertiary/aromatic N) is 1. The fraction of sp³-hybridized carbons (Fsp3) is 0.650. The van der Waals surface area contributed by atoms with Crippen molar-refractivity contribution in [1.29, 1.82) is 0 Å². The lowest BCUT2D eigenvalue weighted by Crippen LogP contribution is -2.36. The number of piperidine rings is 1. The summed E-state index contributed by atoms with van der Waals surface area (Å²) in [6.07, 6.45) is 6.91. The van der Waals surface area contributed by atoms with Crippen molar-refractivity contribution in [2.75, 3.05) is 19.6 Å². The maximum Gasteiger partial charge on any atom is 0.306 e. The summed E-state index contributed by atoms with van der Waals surface area (Å²) < 4.78 is 13.0. The van der Waals surface area contributed by atoms with Crippen LogP contribution < -0.4 is 0 Å². The van der Waals surface area contributed by atoms with E-state index < -0.39 is 5.97 Å². The molecule has 0 aromatic heterocycles. The van der Waals surface area contributed by atoms with E-state index in [1.807, 2.05) is 12.1 Å². The van der Waals surface area contributed by atoms with E-state index in [0.29, 0.717) is 5.92 Å². The Morgan fingerprint density at radius 2 is 1.81 bits per heavy atom. The number of halogens is 3. The van der Waals surface area contributed by atoms with Crippen molar-refractivity contribution >= 4 is 30.8 Å². The SMILES string of the molecule is CCCCC(CCN1CCC(Cc2ccc(F)cc2)CC1)C(=O)O.Cl.Cl. The van der Waals surface area contributed by atoms with Crippen LogP contribution in [0.5, 0.6) is 0 Å². The quantitative estimate of drug-likeness (QED) is 0.610. The predicted octanol–water partition coefficient (Wildman–Crippen LogP) is 5.20. The highest BCUT2D eigenvalue weighted by Crippen LogP contribution is 2.23. The van der Waals surface area contributed by atoms with E-state index in [0.717, 1.165) is 64.6 Å². The van der Waals surface area contributed by atoms with E-state index in [1.54, 1.807) is 0 Å². The van der Waals surface area contributed by atoms with Crippen LogP contribution in [0.1, 0.15) is 51.0 Å². The zero-order valence-electron chi connectivity index (χ0n) is 15.5. The van der Waals surface area contributed by atoms with Gasteiger partial charge in [0.15, 0.2) is 0 Å². The lowest BCUT2D eigenvalue weighted by atomic mass is 9.89. The lowest BCUT2D eigenvalue weighted by Gasteiger charge is -2.32. The van der Waals surface area contributed by atoms with E-state index in [9.17, 15) is 14.3 Å². The highest BCUT2D eigenvalue weighted by Gasteiger charge is 2.22. The summed E-state index contributed by atoms with van der Waals surface area (Å²) >= 11 is 0. The molecule has 1 saturated heterocycles. The molecule has 1 aromatic carbocycles. The van der Waals surface area contributed by atoms with Crippen LogP contribution >= 0.6 is 24.8 Å². The fourth-order valence-electron chi connectivity index (χ4n) is 3.55. The maximum atomic E-state index is 13.0. The van der Waals surface area contributed by atoms with E-state index in [4.69, 9.17) is 0 Å². The van der Waals surface area contributed by atoms with Crippen LogP contribution in [0.15, 0.2) is 24.3 Å². The Kier molecular flexibility index (Phi) is 12.9. The van der Waals surface area contributed by atoms with Crippen molar-refractivity contribution in [3.8, 4) is 0 Å². The molecule has 1 fully saturated rings. The standard InChI is InChI=1S/C20H30FNO2.2ClH/c1-2-3-4-18(20(23)24)11-14-22-12-9-17(10-13-22)15-16-5-7-19(21)8-6-16;;/h5-8,17-18H,2-4,9-15H2,1H3,(H,23,24);2*1H. The van der Waals surface area contributed by atoms with Gasteiger partial charge >= 0.3 is 5.97 Å². The number of hydrogen-bond donors (Lipinski definition) is 1. The van der Waals surface area contributed by atoms with Crippen LogP contribution in [-0.4, -0.2) is 35.6 Å². The Bertz CT molecular complexity index is 505. The minimum absolute atomic E-state index is 0. The van der Waals surface area contributed by atoms with Crippen molar-refractivity contribution in [3.05, 3.63) is 35.6 Å². The van der Waals surface area contributed by atoms with Gasteiger partial charge in [-0.25, -0.2) is 4.39 Å². The number of carboxylic acid groups (broad SMARTS) is 1. The van der Waals surface area contributed by atoms with Gasteiger partial charge in [0, 0.05) is 0 Å². The Balaban J connectivity index is 0.00000312. The zero-order valence-corrected chi connectivity index (χ0v) is 17.2. The van der Waals surface area contributed by atoms with E-state index in [-0.39, 0.29) is 36.5 Å². The second kappa shape index (κ2) is 13.3. The lowest BCUT2D eigenvalue weighted by molar-refractivity contribution is -0.142. The van der Waals surface area contributed by atoms with Gasteiger partial charge < -0.3 is 10.0 Å². The third-order valence-corrected chi connectivity index (χ3v) is 5.19. The van der Waals surface area contributed by atoms with E-state index in [1.165, 1.54) is 17.7 Å². The van der Waals surface area contributed by atoms with Crippen molar-refractivity contribution in [2.24, 2.45) is 11.8 Å². The van der Waals surface area contributed by atoms with Crippen LogP contribution in [0.25, 0.3) is 0 Å². The van der Waals surface area contributed by atoms with Crippen LogP contribution in [0.3, 0.4) is 0 Å². The van der Waals surface area contributed by atoms with Gasteiger partial charge in [-0.15, -0.1) is 24.8 Å². The van der Waals surface area contributed by atoms with Crippen LogP contribution in [0, 0.1) is 17.7 Å². The summed E-state index contributed by atoms with van der Waals surface area (Å²) in [5.41, 5.74) is 1.21. The molecule has 3 nitrogen and oxygen atoms in total. The van der Waals surface area contributed by atoms with Crippen molar-refractivity contribution in [2.45, 2.75) is 51.9 Å². The second-order valence-electron chi connectivity index (χ2n) is 7.08. The first-order chi connectivity index (χ1) is 11.6. The summed E-state index contributed by atoms with van der Waals surface area (Å²) in [6, 6.07) is 6.83. The average molecular weight is 408 g/mol. The molecular weight excluding hydrogens is 376 g/mol. The average Bonchev–Trinajstić information content (AvgIpc) is 2.58. The first-order valence-corrected chi connectivity index (χ1v) is 9.28. The normalized spacial score (nSPS) is 16.4. The molecule has 0 amide bonds. The molecule has 1 unspecified atom stereocenters. The summed E-state index contributed by atoms with van der Waals surface area (Å²) in [6.45, 7) is 5.09. The van der Waals surface area contributed by atoms with Gasteiger partial charge in [-0.3, -0.25) is 4.79 Å². The van der Waals surface area contributed by atoms with Crippen molar-refractivity contribution < 1.29 is 14.3 Å². The number of benzene rings is 1. The topological polar surface area (TPSA) is 40.5 Å². The molecular formula is C20H32Cl2FNO2. The van der Waals surface area contributed by atoms with Gasteiger partial charge in [0.25, 0.3) is 0 Å². The Morgan fingerprint density at radius 3 is 2.35 bits per heavy atom. The minimum atomic E-state index is -0.644. The number of aliphatic carboxylic acids is 1. The number of carbonyl (C=O) groups is 1. The van der Waals surface area contributed by atoms with Gasteiger partial charge in [0.1, 0.15) is 5.82 Å². The van der Waals surface area contributed by atoms with Gasteiger partial charge in [-0.1, -0.05) is 31.9 Å². The van der Waals surface area contributed by atoms with Gasteiger partial charge in [0.2, 0.25) is 0 Å². The summed E-state index contributed by atoms with van der Waals surface area (Å²) in [5, 5.41) is 9.31. The number of unbranched alkanes of at least 4 members (excludes halogenated alkanes) is 1. The molecule has 0 aliphatic carbocycles. The molecule has 1 N–H and O–H groups in total. The number of likely N-dealkylation sites (tertiary alicyclic amines) is 1. The monoisotopic (exact) mass is 407 g/mol. The zero-order chi connectivity index (χ0) is 17.4. The maximum absolute atomic E-state index is 13.0. The van der Waals surface area contributed by atoms with E-state index in [2.05, 4.69) is 11.8 Å². The number of rotatable bonds is 9. The van der Waals surface area contributed by atoms with Gasteiger partial charge in [-0.05, 0) is 75.4 Å². The third kappa shape index (κ3) is 8.70. The first-order valence-electron chi connectivity index (χ1n) is 9.28. The summed E-state index contributed by atoms with van der Waals surface area (Å²) in [7, 11) is 0. The third-order valence-electron chi connectivity index (χ3n) is 5.19. The Morgan fingerprint density at radius 1 is 1.19 bits per heavy atom. The van der Waals surface area contributed by atoms with Crippen molar-refractivity contribution in [1.82, 2.24) is 4.90 Å². The highest BCUT2D eigenvalue weighted by atomic mass is 35.5. The molecule has 0 radical (unpaired) electrons. The van der Waals surface area contributed by atoms with Crippen molar-refractivity contribution in [3.63, 3.8) is 0 Å². The van der Waals surface area contributed by atoms with Crippen LogP contribution in [-0.2, 0) is 11.2 Å². The molecule has 0 saturated carbocycles. The minimum Gasteiger partial charge on any atom is -0.481 e. The Hall–Kier alpha value is -0.840. The fourth-order valence-corrected chi connectivity index (χ4v) is 3.55. The molecule has 0 bridgehead atoms. The molecule has 1 aliphatic heterocycles. The highest BCUT2D eigenvalue weighted by molar-refractivity contribution is 5.85. The smallest absolute Gasteiger partial charge is 0.306 e. The van der Waals surface area contributed by atoms with Crippen LogP contribution in [0.4, 0.5) is 4.39 Å².